The molecule has 1 aliphatic heterocycles. The SMILES string of the molecule is COC(=O)CCCCCN1C(=O)/C(=C\c2cc(Br)ccc2OCc2ccc(C(C)(C)C)cc2)SC1=S. The number of rotatable bonds is 10. The lowest BCUT2D eigenvalue weighted by atomic mass is 9.87. The first-order chi connectivity index (χ1) is 17.1. The summed E-state index contributed by atoms with van der Waals surface area (Å²) in [6.45, 7) is 7.55. The van der Waals surface area contributed by atoms with Crippen LogP contribution in [0.2, 0.25) is 0 Å². The van der Waals surface area contributed by atoms with Crippen LogP contribution in [0.15, 0.2) is 51.8 Å². The molecular formula is C28H32BrNO4S2. The maximum absolute atomic E-state index is 13.0. The molecule has 5 nitrogen and oxygen atoms in total. The average molecular weight is 591 g/mol. The fraction of sp³-hybridized carbons (Fsp3) is 0.393. The number of methoxy groups -OCH3 is 1. The Morgan fingerprint density at radius 2 is 1.83 bits per heavy atom. The number of unbranched alkanes of at least 4 members (excludes halogenated alkanes) is 2. The number of amides is 1. The Kier molecular flexibility index (Phi) is 10.2. The van der Waals surface area contributed by atoms with Crippen LogP contribution in [-0.4, -0.2) is 34.8 Å². The van der Waals surface area contributed by atoms with Crippen molar-refractivity contribution in [3.8, 4) is 5.75 Å². The predicted octanol–water partition coefficient (Wildman–Crippen LogP) is 7.26. The van der Waals surface area contributed by atoms with Crippen LogP contribution in [0.1, 0.15) is 63.1 Å². The van der Waals surface area contributed by atoms with Gasteiger partial charge in [-0.1, -0.05) is 91.4 Å². The predicted molar refractivity (Wildman–Crippen MR) is 154 cm³/mol. The largest absolute Gasteiger partial charge is 0.488 e. The average Bonchev–Trinajstić information content (AvgIpc) is 3.10. The molecule has 0 aromatic heterocycles. The number of carbonyl (C=O) groups excluding carboxylic acids is 2. The molecule has 0 bridgehead atoms. The third-order valence-electron chi connectivity index (χ3n) is 5.84. The first-order valence-corrected chi connectivity index (χ1v) is 13.9. The van der Waals surface area contributed by atoms with Gasteiger partial charge < -0.3 is 9.47 Å². The molecule has 0 N–H and O–H groups in total. The Morgan fingerprint density at radius 1 is 1.11 bits per heavy atom. The number of carbonyl (C=O) groups is 2. The number of esters is 1. The minimum Gasteiger partial charge on any atom is -0.488 e. The monoisotopic (exact) mass is 589 g/mol. The van der Waals surface area contributed by atoms with Gasteiger partial charge in [-0.25, -0.2) is 0 Å². The molecule has 1 amide bonds. The van der Waals surface area contributed by atoms with Crippen LogP contribution in [-0.2, 0) is 26.3 Å². The fourth-order valence-corrected chi connectivity index (χ4v) is 5.36. The molecule has 0 saturated carbocycles. The van der Waals surface area contributed by atoms with Gasteiger partial charge in [-0.3, -0.25) is 14.5 Å². The van der Waals surface area contributed by atoms with E-state index in [2.05, 4.69) is 65.7 Å². The van der Waals surface area contributed by atoms with Crippen molar-refractivity contribution in [3.05, 3.63) is 68.5 Å². The highest BCUT2D eigenvalue weighted by Crippen LogP contribution is 2.35. The molecule has 0 atom stereocenters. The summed E-state index contributed by atoms with van der Waals surface area (Å²) < 4.78 is 12.3. The van der Waals surface area contributed by atoms with E-state index >= 15 is 0 Å². The molecule has 0 radical (unpaired) electrons. The Labute approximate surface area is 231 Å². The van der Waals surface area contributed by atoms with Crippen LogP contribution in [0.5, 0.6) is 5.75 Å². The number of benzene rings is 2. The van der Waals surface area contributed by atoms with Crippen molar-refractivity contribution in [2.45, 2.75) is 58.5 Å². The van der Waals surface area contributed by atoms with Crippen LogP contribution < -0.4 is 4.74 Å². The van der Waals surface area contributed by atoms with E-state index in [1.54, 1.807) is 4.90 Å². The second-order valence-corrected chi connectivity index (χ2v) is 12.2. The second kappa shape index (κ2) is 12.9. The highest BCUT2D eigenvalue weighted by atomic mass is 79.9. The zero-order valence-corrected chi connectivity index (χ0v) is 24.4. The van der Waals surface area contributed by atoms with Crippen LogP contribution >= 0.6 is 39.9 Å². The first kappa shape index (κ1) is 28.4. The normalized spacial score (nSPS) is 15.0. The minimum atomic E-state index is -0.211. The van der Waals surface area contributed by atoms with Crippen LogP contribution in [0.25, 0.3) is 6.08 Å². The quantitative estimate of drug-likeness (QED) is 0.126. The standard InChI is InChI=1S/C28H32BrNO4S2/c1-28(2,3)21-11-9-19(10-12-21)18-34-23-14-13-22(29)16-20(23)17-24-26(32)30(27(35)36-24)15-7-5-6-8-25(31)33-4/h9-14,16-17H,5-8,15,18H2,1-4H3/b24-17+. The molecular weight excluding hydrogens is 558 g/mol. The van der Waals surface area contributed by atoms with Crippen molar-refractivity contribution in [2.75, 3.05) is 13.7 Å². The molecule has 192 valence electrons. The number of nitrogens with zero attached hydrogens (tertiary/aromatic N) is 1. The zero-order chi connectivity index (χ0) is 26.3. The van der Waals surface area contributed by atoms with Crippen molar-refractivity contribution >= 4 is 62.2 Å². The lowest BCUT2D eigenvalue weighted by Crippen LogP contribution is -2.29. The lowest BCUT2D eigenvalue weighted by molar-refractivity contribution is -0.140. The van der Waals surface area contributed by atoms with Crippen LogP contribution in [0, 0.1) is 0 Å². The number of hydrogen-bond donors (Lipinski definition) is 0. The topological polar surface area (TPSA) is 55.8 Å². The third-order valence-corrected chi connectivity index (χ3v) is 7.71. The summed E-state index contributed by atoms with van der Waals surface area (Å²) in [7, 11) is 1.39. The second-order valence-electron chi connectivity index (χ2n) is 9.64. The lowest BCUT2D eigenvalue weighted by Gasteiger charge is -2.19. The zero-order valence-electron chi connectivity index (χ0n) is 21.1. The van der Waals surface area contributed by atoms with E-state index in [1.807, 2.05) is 24.3 Å². The molecule has 1 heterocycles. The highest BCUT2D eigenvalue weighted by molar-refractivity contribution is 9.10. The van der Waals surface area contributed by atoms with Gasteiger partial charge in [0.25, 0.3) is 5.91 Å². The summed E-state index contributed by atoms with van der Waals surface area (Å²) >= 11 is 10.3. The molecule has 0 aliphatic carbocycles. The minimum absolute atomic E-state index is 0.0957. The Bertz CT molecular complexity index is 1140. The fourth-order valence-electron chi connectivity index (χ4n) is 3.68. The van der Waals surface area contributed by atoms with Gasteiger partial charge in [-0.05, 0) is 53.7 Å². The van der Waals surface area contributed by atoms with Gasteiger partial charge in [-0.15, -0.1) is 0 Å². The molecule has 8 heteroatoms. The molecule has 2 aromatic rings. The molecule has 1 saturated heterocycles. The van der Waals surface area contributed by atoms with E-state index < -0.39 is 0 Å². The Balaban J connectivity index is 1.65. The number of halogens is 1. The molecule has 1 fully saturated rings. The maximum atomic E-state index is 13.0. The summed E-state index contributed by atoms with van der Waals surface area (Å²) in [5, 5.41) is 0. The van der Waals surface area contributed by atoms with E-state index in [-0.39, 0.29) is 17.3 Å². The summed E-state index contributed by atoms with van der Waals surface area (Å²) in [6, 6.07) is 14.2. The van der Waals surface area contributed by atoms with Crippen LogP contribution in [0.4, 0.5) is 0 Å². The number of thioether (sulfide) groups is 1. The summed E-state index contributed by atoms with van der Waals surface area (Å²) in [5.41, 5.74) is 3.28. The van der Waals surface area contributed by atoms with Crippen molar-refractivity contribution in [1.29, 1.82) is 0 Å². The van der Waals surface area contributed by atoms with Crippen LogP contribution in [0.3, 0.4) is 0 Å². The summed E-state index contributed by atoms with van der Waals surface area (Å²) in [5.74, 6) is 0.394. The van der Waals surface area contributed by atoms with E-state index in [9.17, 15) is 9.59 Å². The Morgan fingerprint density at radius 3 is 2.50 bits per heavy atom. The molecule has 2 aromatic carbocycles. The molecule has 36 heavy (non-hydrogen) atoms. The smallest absolute Gasteiger partial charge is 0.305 e. The number of ether oxygens (including phenoxy) is 2. The molecule has 3 rings (SSSR count). The number of thiocarbonyl (C=S) groups is 1. The van der Waals surface area contributed by atoms with Gasteiger partial charge in [0.15, 0.2) is 0 Å². The van der Waals surface area contributed by atoms with Gasteiger partial charge >= 0.3 is 5.97 Å². The summed E-state index contributed by atoms with van der Waals surface area (Å²) in [4.78, 5) is 26.5. The Hall–Kier alpha value is -2.16. The van der Waals surface area contributed by atoms with Crippen molar-refractivity contribution in [2.24, 2.45) is 0 Å². The third kappa shape index (κ3) is 7.92. The van der Waals surface area contributed by atoms with Gasteiger partial charge in [0.1, 0.15) is 16.7 Å². The summed E-state index contributed by atoms with van der Waals surface area (Å²) in [6.07, 6.45) is 4.57. The van der Waals surface area contributed by atoms with E-state index in [0.29, 0.717) is 34.5 Å². The molecule has 0 spiro atoms. The van der Waals surface area contributed by atoms with E-state index in [4.69, 9.17) is 17.0 Å². The molecule has 1 aliphatic rings. The van der Waals surface area contributed by atoms with Crippen molar-refractivity contribution in [3.63, 3.8) is 0 Å². The van der Waals surface area contributed by atoms with E-state index in [1.165, 1.54) is 24.4 Å². The van der Waals surface area contributed by atoms with Gasteiger partial charge in [0.05, 0.1) is 12.0 Å². The van der Waals surface area contributed by atoms with E-state index in [0.717, 1.165) is 34.9 Å². The maximum Gasteiger partial charge on any atom is 0.305 e. The number of hydrogen-bond acceptors (Lipinski definition) is 6. The van der Waals surface area contributed by atoms with Crippen molar-refractivity contribution < 1.29 is 19.1 Å². The van der Waals surface area contributed by atoms with Crippen molar-refractivity contribution in [1.82, 2.24) is 4.90 Å². The highest BCUT2D eigenvalue weighted by Gasteiger charge is 2.31. The molecule has 0 unspecified atom stereocenters. The van der Waals surface area contributed by atoms with Gasteiger partial charge in [-0.2, -0.15) is 0 Å². The van der Waals surface area contributed by atoms with Gasteiger partial charge in [0, 0.05) is 23.0 Å². The first-order valence-electron chi connectivity index (χ1n) is 11.9. The van der Waals surface area contributed by atoms with Gasteiger partial charge in [0.2, 0.25) is 0 Å².